The molecule has 0 N–H and O–H groups in total. The number of nitrogens with zero attached hydrogens (tertiary/aromatic N) is 1. The van der Waals surface area contributed by atoms with E-state index in [1.807, 2.05) is 31.2 Å². The van der Waals surface area contributed by atoms with Crippen molar-refractivity contribution >= 4 is 40.3 Å². The minimum absolute atomic E-state index is 0.102. The predicted molar refractivity (Wildman–Crippen MR) is 103 cm³/mol. The fourth-order valence-electron chi connectivity index (χ4n) is 2.09. The highest BCUT2D eigenvalue weighted by atomic mass is 32.2. The van der Waals surface area contributed by atoms with Crippen molar-refractivity contribution in [3.05, 3.63) is 54.0 Å². The summed E-state index contributed by atoms with van der Waals surface area (Å²) in [5.41, 5.74) is 0.850. The maximum absolute atomic E-state index is 12.4. The smallest absolute Gasteiger partial charge is 0.266 e. The van der Waals surface area contributed by atoms with Gasteiger partial charge in [-0.3, -0.25) is 9.69 Å². The van der Waals surface area contributed by atoms with E-state index in [-0.39, 0.29) is 5.91 Å². The molecule has 1 aliphatic heterocycles. The number of hydrogen-bond donors (Lipinski definition) is 0. The van der Waals surface area contributed by atoms with Crippen molar-refractivity contribution in [3.8, 4) is 11.5 Å². The molecule has 24 heavy (non-hydrogen) atoms. The van der Waals surface area contributed by atoms with E-state index in [9.17, 15) is 4.79 Å². The van der Waals surface area contributed by atoms with Crippen LogP contribution >= 0.6 is 24.0 Å². The van der Waals surface area contributed by atoms with E-state index >= 15 is 0 Å². The lowest BCUT2D eigenvalue weighted by atomic mass is 10.2. The topological polar surface area (TPSA) is 38.8 Å². The minimum atomic E-state index is -0.102. The number of hydrogen-bond acceptors (Lipinski definition) is 5. The number of rotatable bonds is 8. The Hall–Kier alpha value is -2.05. The maximum atomic E-state index is 12.4. The molecule has 0 aliphatic carbocycles. The molecule has 1 amide bonds. The van der Waals surface area contributed by atoms with Gasteiger partial charge in [-0.25, -0.2) is 0 Å². The lowest BCUT2D eigenvalue weighted by molar-refractivity contribution is -0.121. The molecule has 0 aromatic heterocycles. The number of thioether (sulfide) groups is 1. The van der Waals surface area contributed by atoms with Gasteiger partial charge in [0, 0.05) is 6.54 Å². The molecule has 4 nitrogen and oxygen atoms in total. The summed E-state index contributed by atoms with van der Waals surface area (Å²) in [6, 6.07) is 5.55. The lowest BCUT2D eigenvalue weighted by Crippen LogP contribution is -2.27. The van der Waals surface area contributed by atoms with Gasteiger partial charge in [-0.05, 0) is 30.7 Å². The maximum Gasteiger partial charge on any atom is 0.266 e. The third-order valence-electron chi connectivity index (χ3n) is 3.11. The molecule has 1 heterocycles. The largest absolute Gasteiger partial charge is 0.490 e. The van der Waals surface area contributed by atoms with E-state index in [0.29, 0.717) is 40.5 Å². The zero-order valence-electron chi connectivity index (χ0n) is 13.5. The molecular weight excluding hydrogens is 342 g/mol. The molecule has 0 bridgehead atoms. The Bertz CT molecular complexity index is 698. The Labute approximate surface area is 151 Å². The van der Waals surface area contributed by atoms with Crippen LogP contribution < -0.4 is 9.47 Å². The van der Waals surface area contributed by atoms with E-state index in [0.717, 1.165) is 5.56 Å². The number of ether oxygens (including phenoxy) is 2. The summed E-state index contributed by atoms with van der Waals surface area (Å²) in [4.78, 5) is 14.5. The Morgan fingerprint density at radius 2 is 2.04 bits per heavy atom. The van der Waals surface area contributed by atoms with Crippen molar-refractivity contribution in [2.45, 2.75) is 6.92 Å². The zero-order chi connectivity index (χ0) is 17.5. The molecule has 0 spiro atoms. The van der Waals surface area contributed by atoms with Gasteiger partial charge in [0.1, 0.15) is 10.9 Å². The summed E-state index contributed by atoms with van der Waals surface area (Å²) in [5.74, 6) is 1.18. The third-order valence-corrected chi connectivity index (χ3v) is 4.49. The number of carbonyl (C=O) groups is 1. The molecule has 1 aromatic rings. The number of amides is 1. The molecule has 1 saturated heterocycles. The Morgan fingerprint density at radius 1 is 1.25 bits per heavy atom. The van der Waals surface area contributed by atoms with Gasteiger partial charge in [0.15, 0.2) is 11.5 Å². The molecule has 6 heteroatoms. The van der Waals surface area contributed by atoms with Gasteiger partial charge in [0.2, 0.25) is 0 Å². The van der Waals surface area contributed by atoms with Crippen molar-refractivity contribution in [3.63, 3.8) is 0 Å². The van der Waals surface area contributed by atoms with Crippen LogP contribution in [0.1, 0.15) is 12.5 Å². The van der Waals surface area contributed by atoms with E-state index in [2.05, 4.69) is 13.2 Å². The average Bonchev–Trinajstić information content (AvgIpc) is 2.82. The van der Waals surface area contributed by atoms with Gasteiger partial charge >= 0.3 is 0 Å². The third kappa shape index (κ3) is 4.27. The highest BCUT2D eigenvalue weighted by molar-refractivity contribution is 8.26. The van der Waals surface area contributed by atoms with Gasteiger partial charge in [-0.2, -0.15) is 0 Å². The van der Waals surface area contributed by atoms with Crippen molar-refractivity contribution in [2.75, 3.05) is 19.8 Å². The van der Waals surface area contributed by atoms with E-state index in [1.165, 1.54) is 16.7 Å². The highest BCUT2D eigenvalue weighted by Gasteiger charge is 2.30. The first-order valence-corrected chi connectivity index (χ1v) is 8.70. The summed E-state index contributed by atoms with van der Waals surface area (Å²) < 4.78 is 11.7. The number of thiocarbonyl (C=S) groups is 1. The van der Waals surface area contributed by atoms with Crippen molar-refractivity contribution in [1.82, 2.24) is 4.90 Å². The normalized spacial score (nSPS) is 15.7. The molecular formula is C18H19NO3S2. The highest BCUT2D eigenvalue weighted by Crippen LogP contribution is 2.34. The summed E-state index contributed by atoms with van der Waals surface area (Å²) in [5, 5.41) is 0. The second-order valence-electron chi connectivity index (χ2n) is 4.82. The second kappa shape index (κ2) is 8.70. The molecule has 1 aliphatic rings. The fourth-order valence-corrected chi connectivity index (χ4v) is 3.36. The monoisotopic (exact) mass is 361 g/mol. The van der Waals surface area contributed by atoms with Crippen LogP contribution in [0.25, 0.3) is 6.08 Å². The Balaban J connectivity index is 2.27. The quantitative estimate of drug-likeness (QED) is 0.397. The van der Waals surface area contributed by atoms with Gasteiger partial charge in [-0.1, -0.05) is 48.8 Å². The van der Waals surface area contributed by atoms with Crippen LogP contribution in [-0.4, -0.2) is 34.9 Å². The van der Waals surface area contributed by atoms with Gasteiger partial charge in [-0.15, -0.1) is 6.58 Å². The Morgan fingerprint density at radius 3 is 2.71 bits per heavy atom. The van der Waals surface area contributed by atoms with Crippen molar-refractivity contribution < 1.29 is 14.3 Å². The molecule has 0 saturated carbocycles. The first-order valence-electron chi connectivity index (χ1n) is 7.47. The molecule has 1 aromatic carbocycles. The minimum Gasteiger partial charge on any atom is -0.490 e. The summed E-state index contributed by atoms with van der Waals surface area (Å²) in [7, 11) is 0. The summed E-state index contributed by atoms with van der Waals surface area (Å²) >= 11 is 6.53. The number of benzene rings is 1. The van der Waals surface area contributed by atoms with Crippen molar-refractivity contribution in [2.24, 2.45) is 0 Å². The molecule has 0 radical (unpaired) electrons. The standard InChI is InChI=1S/C18H19NO3S2/c1-4-9-19-17(20)16(24-18(19)23)12-13-7-8-14(22-10-5-2)15(11-13)21-6-3/h4-5,7-8,11-12H,1-2,6,9-10H2,3H3/b16-12+. The summed E-state index contributed by atoms with van der Waals surface area (Å²) in [6.07, 6.45) is 5.14. The summed E-state index contributed by atoms with van der Waals surface area (Å²) in [6.45, 7) is 10.5. The van der Waals surface area contributed by atoms with Crippen LogP contribution in [0.15, 0.2) is 48.4 Å². The molecule has 126 valence electrons. The SMILES string of the molecule is C=CCOc1ccc(/C=C2/SC(=S)N(CC=C)C2=O)cc1OCC. The van der Waals surface area contributed by atoms with Crippen LogP contribution in [0.4, 0.5) is 0 Å². The van der Waals surface area contributed by atoms with E-state index in [4.69, 9.17) is 21.7 Å². The van der Waals surface area contributed by atoms with Crippen LogP contribution in [0.2, 0.25) is 0 Å². The number of carbonyl (C=O) groups excluding carboxylic acids is 1. The predicted octanol–water partition coefficient (Wildman–Crippen LogP) is 4.04. The van der Waals surface area contributed by atoms with Gasteiger partial charge < -0.3 is 9.47 Å². The first kappa shape index (κ1) is 18.3. The Kier molecular flexibility index (Phi) is 6.63. The molecule has 2 rings (SSSR count). The van der Waals surface area contributed by atoms with E-state index in [1.54, 1.807) is 12.2 Å². The zero-order valence-corrected chi connectivity index (χ0v) is 15.1. The fraction of sp³-hybridized carbons (Fsp3) is 0.222. The average molecular weight is 361 g/mol. The molecule has 0 atom stereocenters. The molecule has 1 fully saturated rings. The van der Waals surface area contributed by atoms with Crippen molar-refractivity contribution in [1.29, 1.82) is 0 Å². The van der Waals surface area contributed by atoms with E-state index < -0.39 is 0 Å². The molecule has 0 unspecified atom stereocenters. The second-order valence-corrected chi connectivity index (χ2v) is 6.50. The van der Waals surface area contributed by atoms with Crippen LogP contribution in [0.5, 0.6) is 11.5 Å². The van der Waals surface area contributed by atoms with Crippen LogP contribution in [0, 0.1) is 0 Å². The van der Waals surface area contributed by atoms with Gasteiger partial charge in [0.05, 0.1) is 11.5 Å². The lowest BCUT2D eigenvalue weighted by Gasteiger charge is -2.12. The first-order chi connectivity index (χ1) is 11.6. The van der Waals surface area contributed by atoms with Crippen LogP contribution in [0.3, 0.4) is 0 Å². The van der Waals surface area contributed by atoms with Crippen LogP contribution in [-0.2, 0) is 4.79 Å². The van der Waals surface area contributed by atoms with Gasteiger partial charge in [0.25, 0.3) is 5.91 Å².